The summed E-state index contributed by atoms with van der Waals surface area (Å²) >= 11 is 1.64. The number of nitrogens with zero attached hydrogens (tertiary/aromatic N) is 2. The van der Waals surface area contributed by atoms with Gasteiger partial charge in [-0.15, -0.1) is 11.3 Å². The lowest BCUT2D eigenvalue weighted by Crippen LogP contribution is -2.13. The summed E-state index contributed by atoms with van der Waals surface area (Å²) in [5.41, 5.74) is 3.53. The van der Waals surface area contributed by atoms with E-state index < -0.39 is 0 Å². The van der Waals surface area contributed by atoms with Crippen molar-refractivity contribution in [1.29, 1.82) is 0 Å². The first kappa shape index (κ1) is 19.3. The zero-order valence-electron chi connectivity index (χ0n) is 16.4. The second-order valence-corrected chi connectivity index (χ2v) is 8.06. The third kappa shape index (κ3) is 4.54. The lowest BCUT2D eigenvalue weighted by atomic mass is 10.0. The maximum Gasteiger partial charge on any atom is 0.259 e. The first-order chi connectivity index (χ1) is 14.2. The van der Waals surface area contributed by atoms with Crippen LogP contribution in [0.4, 0.5) is 10.7 Å². The highest BCUT2D eigenvalue weighted by Gasteiger charge is 2.24. The van der Waals surface area contributed by atoms with Crippen molar-refractivity contribution in [3.8, 4) is 5.75 Å². The lowest BCUT2D eigenvalue weighted by Gasteiger charge is -2.08. The number of thiophene rings is 1. The quantitative estimate of drug-likeness (QED) is 0.455. The number of ether oxygens (including phenoxy) is 1. The van der Waals surface area contributed by atoms with Crippen LogP contribution in [0.2, 0.25) is 0 Å². The minimum absolute atomic E-state index is 0.104. The van der Waals surface area contributed by atoms with Crippen molar-refractivity contribution < 1.29 is 9.53 Å². The van der Waals surface area contributed by atoms with Crippen LogP contribution in [0.1, 0.15) is 45.6 Å². The van der Waals surface area contributed by atoms with Crippen LogP contribution >= 0.6 is 11.3 Å². The molecule has 0 spiro atoms. The molecule has 0 saturated carbocycles. The normalized spacial score (nSPS) is 13.7. The van der Waals surface area contributed by atoms with Crippen LogP contribution in [0, 0.1) is 0 Å². The van der Waals surface area contributed by atoms with Gasteiger partial charge in [0.1, 0.15) is 10.8 Å². The fraction of sp³-hybridized carbons (Fsp3) is 0.261. The highest BCUT2D eigenvalue weighted by Crippen LogP contribution is 2.39. The second-order valence-electron chi connectivity index (χ2n) is 6.97. The largest absolute Gasteiger partial charge is 0.497 e. The molecular weight excluding hydrogens is 382 g/mol. The van der Waals surface area contributed by atoms with Gasteiger partial charge in [-0.1, -0.05) is 12.5 Å². The monoisotopic (exact) mass is 405 g/mol. The summed E-state index contributed by atoms with van der Waals surface area (Å²) in [6.45, 7) is 0. The fourth-order valence-electron chi connectivity index (χ4n) is 3.51. The predicted molar refractivity (Wildman–Crippen MR) is 118 cm³/mol. The molecule has 29 heavy (non-hydrogen) atoms. The van der Waals surface area contributed by atoms with Gasteiger partial charge in [0.25, 0.3) is 5.91 Å². The average molecular weight is 406 g/mol. The van der Waals surface area contributed by atoms with Gasteiger partial charge in [0.05, 0.1) is 12.7 Å². The number of fused-ring (bicyclic) bond motifs is 1. The number of rotatable bonds is 5. The summed E-state index contributed by atoms with van der Waals surface area (Å²) in [5, 5.41) is 3.80. The molecule has 1 aliphatic rings. The molecule has 0 aliphatic heterocycles. The zero-order valence-corrected chi connectivity index (χ0v) is 17.2. The van der Waals surface area contributed by atoms with Crippen LogP contribution < -0.4 is 10.1 Å². The van der Waals surface area contributed by atoms with Gasteiger partial charge in [-0.3, -0.25) is 9.78 Å². The summed E-state index contributed by atoms with van der Waals surface area (Å²) < 4.78 is 5.19. The summed E-state index contributed by atoms with van der Waals surface area (Å²) in [6.07, 6.45) is 10.7. The number of carbonyl (C=O) groups excluding carboxylic acids is 1. The van der Waals surface area contributed by atoms with Crippen molar-refractivity contribution in [1.82, 2.24) is 4.98 Å². The van der Waals surface area contributed by atoms with Gasteiger partial charge in [-0.05, 0) is 61.6 Å². The maximum absolute atomic E-state index is 13.2. The summed E-state index contributed by atoms with van der Waals surface area (Å²) in [7, 11) is 1.63. The molecule has 2 aromatic heterocycles. The molecule has 0 fully saturated rings. The molecule has 0 unspecified atom stereocenters. The number of aryl methyl sites for hydroxylation is 1. The molecule has 5 nitrogen and oxygen atoms in total. The summed E-state index contributed by atoms with van der Waals surface area (Å²) in [6, 6.07) is 11.2. The van der Waals surface area contributed by atoms with Crippen molar-refractivity contribution in [3.05, 3.63) is 70.4 Å². The summed E-state index contributed by atoms with van der Waals surface area (Å²) in [5.74, 6) is 0.655. The third-order valence-corrected chi connectivity index (χ3v) is 6.19. The predicted octanol–water partition coefficient (Wildman–Crippen LogP) is 5.42. The van der Waals surface area contributed by atoms with E-state index in [1.165, 1.54) is 17.7 Å². The summed E-state index contributed by atoms with van der Waals surface area (Å²) in [4.78, 5) is 23.3. The van der Waals surface area contributed by atoms with Crippen LogP contribution in [0.25, 0.3) is 0 Å². The lowest BCUT2D eigenvalue weighted by molar-refractivity contribution is 0.102. The topological polar surface area (TPSA) is 63.6 Å². The number of hydrogen-bond acceptors (Lipinski definition) is 5. The van der Waals surface area contributed by atoms with E-state index in [1.807, 2.05) is 36.4 Å². The van der Waals surface area contributed by atoms with Crippen molar-refractivity contribution in [3.63, 3.8) is 0 Å². The van der Waals surface area contributed by atoms with E-state index in [0.29, 0.717) is 5.56 Å². The minimum Gasteiger partial charge on any atom is -0.497 e. The Hall–Kier alpha value is -2.99. The van der Waals surface area contributed by atoms with Crippen LogP contribution in [0.3, 0.4) is 0 Å². The molecule has 1 N–H and O–H groups in total. The van der Waals surface area contributed by atoms with Gasteiger partial charge in [0.15, 0.2) is 0 Å². The highest BCUT2D eigenvalue weighted by atomic mass is 32.1. The number of benzene rings is 1. The van der Waals surface area contributed by atoms with Crippen LogP contribution in [-0.2, 0) is 12.8 Å². The van der Waals surface area contributed by atoms with E-state index in [0.717, 1.165) is 46.8 Å². The van der Waals surface area contributed by atoms with Crippen molar-refractivity contribution in [2.24, 2.45) is 4.99 Å². The molecule has 0 saturated heterocycles. The molecule has 1 aliphatic carbocycles. The Morgan fingerprint density at radius 3 is 2.76 bits per heavy atom. The first-order valence-corrected chi connectivity index (χ1v) is 10.6. The number of aromatic nitrogens is 1. The van der Waals surface area contributed by atoms with E-state index >= 15 is 0 Å². The van der Waals surface area contributed by atoms with E-state index in [-0.39, 0.29) is 5.91 Å². The second kappa shape index (κ2) is 9.01. The van der Waals surface area contributed by atoms with E-state index in [9.17, 15) is 4.79 Å². The van der Waals surface area contributed by atoms with Gasteiger partial charge < -0.3 is 10.1 Å². The minimum atomic E-state index is -0.104. The number of aliphatic imine (C=N–C) groups is 1. The molecule has 1 amide bonds. The molecule has 4 rings (SSSR count). The Bertz CT molecular complexity index is 1010. The Labute approximate surface area is 174 Å². The smallest absolute Gasteiger partial charge is 0.259 e. The number of anilines is 1. The molecule has 1 aromatic carbocycles. The van der Waals surface area contributed by atoms with Gasteiger partial charge in [-0.2, -0.15) is 0 Å². The number of amides is 1. The van der Waals surface area contributed by atoms with Gasteiger partial charge >= 0.3 is 0 Å². The number of carbonyl (C=O) groups is 1. The number of hydrogen-bond donors (Lipinski definition) is 1. The van der Waals surface area contributed by atoms with Crippen LogP contribution in [-0.4, -0.2) is 24.2 Å². The van der Waals surface area contributed by atoms with Crippen molar-refractivity contribution in [2.75, 3.05) is 12.4 Å². The average Bonchev–Trinajstić information content (AvgIpc) is 2.95. The molecule has 2 heterocycles. The van der Waals surface area contributed by atoms with E-state index in [2.05, 4.69) is 15.3 Å². The highest BCUT2D eigenvalue weighted by molar-refractivity contribution is 7.16. The van der Waals surface area contributed by atoms with Crippen LogP contribution in [0.5, 0.6) is 5.75 Å². The van der Waals surface area contributed by atoms with E-state index in [1.54, 1.807) is 37.1 Å². The molecule has 148 valence electrons. The molecule has 6 heteroatoms. The number of nitrogens with one attached hydrogen (secondary N) is 1. The Kier molecular flexibility index (Phi) is 6.00. The zero-order chi connectivity index (χ0) is 20.1. The standard InChI is InChI=1S/C23H23N3O2S/c1-28-18-11-9-17(10-12-18)26-22(27)21-19-7-3-2-4-8-20(19)29-23(21)25-15-16-6-5-13-24-14-16/h5-6,9-15H,2-4,7-8H2,1H3,(H,26,27)/b25-15+. The van der Waals surface area contributed by atoms with Gasteiger partial charge in [-0.25, -0.2) is 4.99 Å². The maximum atomic E-state index is 13.2. The molecular formula is C23H23N3O2S. The third-order valence-electron chi connectivity index (χ3n) is 4.99. The van der Waals surface area contributed by atoms with Gasteiger partial charge in [0.2, 0.25) is 0 Å². The van der Waals surface area contributed by atoms with Gasteiger partial charge in [0, 0.05) is 34.7 Å². The number of methoxy groups -OCH3 is 1. The van der Waals surface area contributed by atoms with Crippen molar-refractivity contribution >= 4 is 34.1 Å². The Morgan fingerprint density at radius 1 is 1.17 bits per heavy atom. The van der Waals surface area contributed by atoms with Crippen molar-refractivity contribution in [2.45, 2.75) is 32.1 Å². The number of pyridine rings is 1. The molecule has 0 bridgehead atoms. The van der Waals surface area contributed by atoms with Crippen LogP contribution in [0.15, 0.2) is 53.8 Å². The fourth-order valence-corrected chi connectivity index (χ4v) is 4.74. The van der Waals surface area contributed by atoms with E-state index in [4.69, 9.17) is 4.74 Å². The molecule has 0 radical (unpaired) electrons. The Morgan fingerprint density at radius 2 is 2.00 bits per heavy atom. The Balaban J connectivity index is 1.66. The first-order valence-electron chi connectivity index (χ1n) is 9.78. The SMILES string of the molecule is COc1ccc(NC(=O)c2c(/N=C/c3cccnc3)sc3c2CCCCC3)cc1. The molecule has 3 aromatic rings. The molecule has 0 atom stereocenters.